The first-order chi connectivity index (χ1) is 10.2. The molecule has 0 heterocycles. The zero-order valence-electron chi connectivity index (χ0n) is 11.6. The first-order valence-corrected chi connectivity index (χ1v) is 6.27. The van der Waals surface area contributed by atoms with Gasteiger partial charge in [-0.05, 0) is 17.5 Å². The number of hydrogen-bond donors (Lipinski definition) is 3. The van der Waals surface area contributed by atoms with Crippen molar-refractivity contribution in [3.8, 4) is 28.4 Å². The molecule has 118 valence electrons. The maximum Gasteiger partial charge on any atom is 0.204 e. The molecule has 0 bridgehead atoms. The standard InChI is InChI=1S/C15H12F4O3/c1-5(2)6-3-7(9(21)4-8(6)20)10-11(16)13(18)15(22)14(19)12(10)17/h3-5,20-22H,1-2H3. The number of rotatable bonds is 2. The highest BCUT2D eigenvalue weighted by Gasteiger charge is 2.28. The maximum atomic E-state index is 13.9. The maximum absolute atomic E-state index is 13.9. The predicted octanol–water partition coefficient (Wildman–Crippen LogP) is 4.15. The Labute approximate surface area is 123 Å². The molecule has 3 nitrogen and oxygen atoms in total. The van der Waals surface area contributed by atoms with Crippen molar-refractivity contribution in [2.45, 2.75) is 19.8 Å². The Kier molecular flexibility index (Phi) is 3.91. The average molecular weight is 316 g/mol. The lowest BCUT2D eigenvalue weighted by atomic mass is 9.94. The number of halogens is 4. The first-order valence-electron chi connectivity index (χ1n) is 6.27. The number of benzene rings is 2. The van der Waals surface area contributed by atoms with Crippen LogP contribution in [0.5, 0.6) is 17.2 Å². The zero-order chi connectivity index (χ0) is 16.8. The van der Waals surface area contributed by atoms with E-state index in [0.29, 0.717) is 0 Å². The molecule has 0 saturated carbocycles. The SMILES string of the molecule is CC(C)c1cc(-c2c(F)c(F)c(O)c(F)c2F)c(O)cc1O. The van der Waals surface area contributed by atoms with Gasteiger partial charge in [-0.2, -0.15) is 8.78 Å². The Balaban J connectivity index is 2.86. The fraction of sp³-hybridized carbons (Fsp3) is 0.200. The Hall–Kier alpha value is -2.44. The minimum atomic E-state index is -1.97. The molecule has 0 amide bonds. The van der Waals surface area contributed by atoms with Crippen LogP contribution in [0.4, 0.5) is 17.6 Å². The number of phenolic OH excluding ortho intramolecular Hbond substituents is 3. The van der Waals surface area contributed by atoms with E-state index in [2.05, 4.69) is 0 Å². The van der Waals surface area contributed by atoms with Crippen LogP contribution in [0.3, 0.4) is 0 Å². The molecule has 0 atom stereocenters. The third kappa shape index (κ3) is 2.32. The van der Waals surface area contributed by atoms with Crippen molar-refractivity contribution in [3.05, 3.63) is 41.0 Å². The molecular formula is C15H12F4O3. The molecule has 22 heavy (non-hydrogen) atoms. The monoisotopic (exact) mass is 316 g/mol. The van der Waals surface area contributed by atoms with Gasteiger partial charge in [-0.15, -0.1) is 0 Å². The van der Waals surface area contributed by atoms with Crippen LogP contribution < -0.4 is 0 Å². The summed E-state index contributed by atoms with van der Waals surface area (Å²) in [6.45, 7) is 3.33. The summed E-state index contributed by atoms with van der Waals surface area (Å²) in [5, 5.41) is 28.4. The van der Waals surface area contributed by atoms with Crippen LogP contribution >= 0.6 is 0 Å². The zero-order valence-corrected chi connectivity index (χ0v) is 11.6. The van der Waals surface area contributed by atoms with Gasteiger partial charge in [0, 0.05) is 11.6 Å². The number of phenols is 3. The van der Waals surface area contributed by atoms with Gasteiger partial charge in [-0.3, -0.25) is 0 Å². The fourth-order valence-electron chi connectivity index (χ4n) is 2.11. The Bertz CT molecular complexity index is 728. The van der Waals surface area contributed by atoms with E-state index in [9.17, 15) is 27.8 Å². The summed E-state index contributed by atoms with van der Waals surface area (Å²) in [7, 11) is 0. The Morgan fingerprint density at radius 3 is 1.73 bits per heavy atom. The minimum absolute atomic E-state index is 0.223. The van der Waals surface area contributed by atoms with Gasteiger partial charge >= 0.3 is 0 Å². The number of aromatic hydroxyl groups is 3. The normalized spacial score (nSPS) is 11.2. The van der Waals surface area contributed by atoms with Crippen molar-refractivity contribution >= 4 is 0 Å². The topological polar surface area (TPSA) is 60.7 Å². The third-order valence-corrected chi connectivity index (χ3v) is 3.28. The molecule has 0 spiro atoms. The van der Waals surface area contributed by atoms with E-state index in [0.717, 1.165) is 12.1 Å². The van der Waals surface area contributed by atoms with Gasteiger partial charge in [0.1, 0.15) is 11.5 Å². The van der Waals surface area contributed by atoms with E-state index >= 15 is 0 Å². The molecular weight excluding hydrogens is 304 g/mol. The summed E-state index contributed by atoms with van der Waals surface area (Å²) < 4.78 is 54.6. The lowest BCUT2D eigenvalue weighted by Crippen LogP contribution is -2.01. The fourth-order valence-corrected chi connectivity index (χ4v) is 2.11. The highest BCUT2D eigenvalue weighted by atomic mass is 19.2. The highest BCUT2D eigenvalue weighted by molar-refractivity contribution is 5.74. The first kappa shape index (κ1) is 15.9. The van der Waals surface area contributed by atoms with E-state index in [1.54, 1.807) is 13.8 Å². The summed E-state index contributed by atoms with van der Waals surface area (Å²) in [5.41, 5.74) is -1.47. The second kappa shape index (κ2) is 5.40. The summed E-state index contributed by atoms with van der Waals surface area (Å²) in [5.74, 6) is -10.8. The predicted molar refractivity (Wildman–Crippen MR) is 70.8 cm³/mol. The lowest BCUT2D eigenvalue weighted by molar-refractivity contribution is 0.358. The lowest BCUT2D eigenvalue weighted by Gasteiger charge is -2.15. The minimum Gasteiger partial charge on any atom is -0.508 e. The van der Waals surface area contributed by atoms with Crippen LogP contribution in [0.25, 0.3) is 11.1 Å². The molecule has 0 unspecified atom stereocenters. The third-order valence-electron chi connectivity index (χ3n) is 3.28. The molecule has 0 radical (unpaired) electrons. The second-order valence-electron chi connectivity index (χ2n) is 5.06. The van der Waals surface area contributed by atoms with Crippen LogP contribution in [-0.4, -0.2) is 15.3 Å². The average Bonchev–Trinajstić information content (AvgIpc) is 2.45. The van der Waals surface area contributed by atoms with Crippen molar-refractivity contribution in [1.29, 1.82) is 0 Å². The van der Waals surface area contributed by atoms with E-state index in [1.807, 2.05) is 0 Å². The van der Waals surface area contributed by atoms with Crippen molar-refractivity contribution in [1.82, 2.24) is 0 Å². The molecule has 0 saturated heterocycles. The molecule has 2 aromatic rings. The largest absolute Gasteiger partial charge is 0.508 e. The van der Waals surface area contributed by atoms with E-state index in [-0.39, 0.29) is 17.2 Å². The molecule has 2 rings (SSSR count). The molecule has 3 N–H and O–H groups in total. The van der Waals surface area contributed by atoms with Crippen LogP contribution in [0.2, 0.25) is 0 Å². The molecule has 0 fully saturated rings. The van der Waals surface area contributed by atoms with E-state index in [1.165, 1.54) is 0 Å². The van der Waals surface area contributed by atoms with Crippen LogP contribution in [-0.2, 0) is 0 Å². The quantitative estimate of drug-likeness (QED) is 0.576. The van der Waals surface area contributed by atoms with Crippen molar-refractivity contribution in [2.24, 2.45) is 0 Å². The molecule has 0 aliphatic rings. The smallest absolute Gasteiger partial charge is 0.204 e. The van der Waals surface area contributed by atoms with Gasteiger partial charge in [0.2, 0.25) is 11.6 Å². The molecule has 0 aliphatic carbocycles. The van der Waals surface area contributed by atoms with E-state index < -0.39 is 45.9 Å². The van der Waals surface area contributed by atoms with Crippen molar-refractivity contribution < 1.29 is 32.9 Å². The van der Waals surface area contributed by atoms with Crippen LogP contribution in [0, 0.1) is 23.3 Å². The van der Waals surface area contributed by atoms with E-state index in [4.69, 9.17) is 5.11 Å². The van der Waals surface area contributed by atoms with Gasteiger partial charge in [0.05, 0.1) is 5.56 Å². The van der Waals surface area contributed by atoms with Gasteiger partial charge < -0.3 is 15.3 Å². The van der Waals surface area contributed by atoms with Crippen LogP contribution in [0.15, 0.2) is 12.1 Å². The Morgan fingerprint density at radius 1 is 0.773 bits per heavy atom. The summed E-state index contributed by atoms with van der Waals surface area (Å²) in [4.78, 5) is 0. The summed E-state index contributed by atoms with van der Waals surface area (Å²) in [6.07, 6.45) is 0. The molecule has 7 heteroatoms. The Morgan fingerprint density at radius 2 is 1.27 bits per heavy atom. The van der Waals surface area contributed by atoms with Gasteiger partial charge in [-0.1, -0.05) is 13.8 Å². The van der Waals surface area contributed by atoms with Crippen LogP contribution in [0.1, 0.15) is 25.3 Å². The second-order valence-corrected chi connectivity index (χ2v) is 5.06. The van der Waals surface area contributed by atoms with Crippen molar-refractivity contribution in [3.63, 3.8) is 0 Å². The molecule has 0 aromatic heterocycles. The highest BCUT2D eigenvalue weighted by Crippen LogP contribution is 2.42. The molecule has 2 aromatic carbocycles. The number of hydrogen-bond acceptors (Lipinski definition) is 3. The van der Waals surface area contributed by atoms with Gasteiger partial charge in [0.25, 0.3) is 0 Å². The van der Waals surface area contributed by atoms with Gasteiger partial charge in [-0.25, -0.2) is 8.78 Å². The summed E-state index contributed by atoms with van der Waals surface area (Å²) >= 11 is 0. The summed E-state index contributed by atoms with van der Waals surface area (Å²) in [6, 6.07) is 1.86. The van der Waals surface area contributed by atoms with Crippen molar-refractivity contribution in [2.75, 3.05) is 0 Å². The van der Waals surface area contributed by atoms with Gasteiger partial charge in [0.15, 0.2) is 17.4 Å². The molecule has 0 aliphatic heterocycles.